The second-order valence-electron chi connectivity index (χ2n) is 7.44. The molecule has 6 nitrogen and oxygen atoms in total. The third kappa shape index (κ3) is 4.64. The molecule has 3 aromatic carbocycles. The van der Waals surface area contributed by atoms with Crippen molar-refractivity contribution in [3.8, 4) is 17.2 Å². The van der Waals surface area contributed by atoms with Gasteiger partial charge >= 0.3 is 0 Å². The van der Waals surface area contributed by atoms with Gasteiger partial charge in [0.15, 0.2) is 16.6 Å². The van der Waals surface area contributed by atoms with Crippen molar-refractivity contribution in [1.29, 1.82) is 0 Å². The number of ether oxygens (including phenoxy) is 3. The van der Waals surface area contributed by atoms with Crippen LogP contribution in [0.4, 0.5) is 5.13 Å². The quantitative estimate of drug-likeness (QED) is 0.335. The fourth-order valence-corrected chi connectivity index (χ4v) is 4.67. The van der Waals surface area contributed by atoms with Gasteiger partial charge in [-0.3, -0.25) is 9.69 Å². The van der Waals surface area contributed by atoms with E-state index < -0.39 is 0 Å². The third-order valence-electron chi connectivity index (χ3n) is 5.42. The number of rotatable bonds is 8. The van der Waals surface area contributed by atoms with Gasteiger partial charge < -0.3 is 14.2 Å². The molecule has 1 amide bonds. The maximum Gasteiger partial charge on any atom is 0.260 e. The number of aryl methyl sites for hydroxylation is 1. The number of aromatic nitrogens is 1. The van der Waals surface area contributed by atoms with Crippen LogP contribution in [0.15, 0.2) is 60.7 Å². The lowest BCUT2D eigenvalue weighted by atomic mass is 10.1. The van der Waals surface area contributed by atoms with E-state index in [1.165, 1.54) is 38.2 Å². The van der Waals surface area contributed by atoms with Crippen LogP contribution in [0.3, 0.4) is 0 Å². The standard InChI is InChI=1S/C26H26N2O4S/c1-5-17-11-12-20-23(13-17)33-26(27-20)28(16-18-9-7-6-8-10-18)25(29)19-14-21(30-2)24(32-4)22(15-19)31-3/h6-15H,5,16H2,1-4H3. The Morgan fingerprint density at radius 1 is 0.909 bits per heavy atom. The highest BCUT2D eigenvalue weighted by Gasteiger charge is 2.25. The molecule has 0 unspecified atom stereocenters. The van der Waals surface area contributed by atoms with Crippen molar-refractivity contribution in [3.63, 3.8) is 0 Å². The molecule has 0 aliphatic rings. The van der Waals surface area contributed by atoms with Gasteiger partial charge in [-0.2, -0.15) is 0 Å². The first-order valence-corrected chi connectivity index (χ1v) is 11.4. The molecule has 0 saturated carbocycles. The van der Waals surface area contributed by atoms with E-state index in [4.69, 9.17) is 19.2 Å². The highest BCUT2D eigenvalue weighted by molar-refractivity contribution is 7.22. The average Bonchev–Trinajstić information content (AvgIpc) is 3.29. The Balaban J connectivity index is 1.81. The predicted octanol–water partition coefficient (Wildman–Crippen LogP) is 5.73. The minimum atomic E-state index is -0.201. The number of thiazole rings is 1. The Bertz CT molecular complexity index is 1250. The summed E-state index contributed by atoms with van der Waals surface area (Å²) in [6.45, 7) is 2.51. The van der Waals surface area contributed by atoms with E-state index in [-0.39, 0.29) is 5.91 Å². The van der Waals surface area contributed by atoms with Gasteiger partial charge in [0.1, 0.15) is 0 Å². The molecule has 33 heavy (non-hydrogen) atoms. The molecule has 0 radical (unpaired) electrons. The molecule has 0 fully saturated rings. The first kappa shape index (κ1) is 22.6. The number of anilines is 1. The van der Waals surface area contributed by atoms with Gasteiger partial charge in [-0.15, -0.1) is 0 Å². The molecular weight excluding hydrogens is 436 g/mol. The number of benzene rings is 3. The fraction of sp³-hybridized carbons (Fsp3) is 0.231. The Hall–Kier alpha value is -3.58. The van der Waals surface area contributed by atoms with Crippen LogP contribution in [-0.2, 0) is 13.0 Å². The molecule has 0 saturated heterocycles. The fourth-order valence-electron chi connectivity index (χ4n) is 3.64. The molecule has 1 aromatic heterocycles. The minimum absolute atomic E-state index is 0.201. The van der Waals surface area contributed by atoms with Crippen LogP contribution in [0.5, 0.6) is 17.2 Å². The SMILES string of the molecule is CCc1ccc2nc(N(Cc3ccccc3)C(=O)c3cc(OC)c(OC)c(OC)c3)sc2c1. The number of methoxy groups -OCH3 is 3. The second kappa shape index (κ2) is 9.92. The van der Waals surface area contributed by atoms with Gasteiger partial charge in [-0.25, -0.2) is 4.98 Å². The van der Waals surface area contributed by atoms with Gasteiger partial charge in [0.25, 0.3) is 5.91 Å². The Labute approximate surface area is 197 Å². The van der Waals surface area contributed by atoms with E-state index >= 15 is 0 Å². The van der Waals surface area contributed by atoms with Crippen molar-refractivity contribution >= 4 is 32.6 Å². The number of hydrogen-bond acceptors (Lipinski definition) is 6. The van der Waals surface area contributed by atoms with Gasteiger partial charge in [-0.1, -0.05) is 54.7 Å². The molecule has 170 valence electrons. The summed E-state index contributed by atoms with van der Waals surface area (Å²) in [6, 6.07) is 19.4. The number of fused-ring (bicyclic) bond motifs is 1. The Kier molecular flexibility index (Phi) is 6.79. The van der Waals surface area contributed by atoms with Crippen molar-refractivity contribution < 1.29 is 19.0 Å². The van der Waals surface area contributed by atoms with Crippen molar-refractivity contribution in [2.75, 3.05) is 26.2 Å². The number of amides is 1. The van der Waals surface area contributed by atoms with Gasteiger partial charge in [0, 0.05) is 5.56 Å². The predicted molar refractivity (Wildman–Crippen MR) is 132 cm³/mol. The van der Waals surface area contributed by atoms with Crippen LogP contribution in [0.1, 0.15) is 28.4 Å². The van der Waals surface area contributed by atoms with Gasteiger partial charge in [0.05, 0.1) is 38.1 Å². The summed E-state index contributed by atoms with van der Waals surface area (Å²) in [7, 11) is 4.60. The monoisotopic (exact) mass is 462 g/mol. The lowest BCUT2D eigenvalue weighted by Crippen LogP contribution is -2.30. The zero-order valence-electron chi connectivity index (χ0n) is 19.1. The van der Waals surface area contributed by atoms with E-state index in [9.17, 15) is 4.79 Å². The van der Waals surface area contributed by atoms with Crippen molar-refractivity contribution in [2.24, 2.45) is 0 Å². The zero-order chi connectivity index (χ0) is 23.4. The number of hydrogen-bond donors (Lipinski definition) is 0. The Morgan fingerprint density at radius 2 is 1.61 bits per heavy atom. The average molecular weight is 463 g/mol. The van der Waals surface area contributed by atoms with Crippen molar-refractivity contribution in [2.45, 2.75) is 19.9 Å². The maximum absolute atomic E-state index is 13.8. The van der Waals surface area contributed by atoms with E-state index in [1.807, 2.05) is 36.4 Å². The lowest BCUT2D eigenvalue weighted by Gasteiger charge is -2.21. The summed E-state index contributed by atoms with van der Waals surface area (Å²) < 4.78 is 17.4. The lowest BCUT2D eigenvalue weighted by molar-refractivity contribution is 0.0984. The molecule has 0 atom stereocenters. The van der Waals surface area contributed by atoms with Crippen molar-refractivity contribution in [3.05, 3.63) is 77.4 Å². The summed E-state index contributed by atoms with van der Waals surface area (Å²) in [4.78, 5) is 20.3. The smallest absolute Gasteiger partial charge is 0.260 e. The zero-order valence-corrected chi connectivity index (χ0v) is 19.9. The number of carbonyl (C=O) groups is 1. The topological polar surface area (TPSA) is 60.9 Å². The van der Waals surface area contributed by atoms with Crippen LogP contribution < -0.4 is 19.1 Å². The summed E-state index contributed by atoms with van der Waals surface area (Å²) in [6.07, 6.45) is 0.946. The molecule has 7 heteroatoms. The first-order valence-electron chi connectivity index (χ1n) is 10.6. The van der Waals surface area contributed by atoms with Gasteiger partial charge in [-0.05, 0) is 41.8 Å². The minimum Gasteiger partial charge on any atom is -0.493 e. The first-order chi connectivity index (χ1) is 16.1. The van der Waals surface area contributed by atoms with E-state index in [0.717, 1.165) is 22.2 Å². The molecule has 0 aliphatic carbocycles. The molecule has 1 heterocycles. The van der Waals surface area contributed by atoms with E-state index in [1.54, 1.807) is 17.0 Å². The van der Waals surface area contributed by atoms with Crippen LogP contribution in [0.2, 0.25) is 0 Å². The normalized spacial score (nSPS) is 10.8. The van der Waals surface area contributed by atoms with Crippen LogP contribution in [-0.4, -0.2) is 32.2 Å². The molecule has 0 aliphatic heterocycles. The largest absolute Gasteiger partial charge is 0.493 e. The summed E-state index contributed by atoms with van der Waals surface area (Å²) >= 11 is 1.51. The highest BCUT2D eigenvalue weighted by Crippen LogP contribution is 2.39. The molecular formula is C26H26N2O4S. The molecule has 4 aromatic rings. The van der Waals surface area contributed by atoms with E-state index in [0.29, 0.717) is 34.5 Å². The maximum atomic E-state index is 13.8. The summed E-state index contributed by atoms with van der Waals surface area (Å²) in [5.41, 5.74) is 3.55. The van der Waals surface area contributed by atoms with Crippen molar-refractivity contribution in [1.82, 2.24) is 4.98 Å². The van der Waals surface area contributed by atoms with Crippen LogP contribution in [0.25, 0.3) is 10.2 Å². The second-order valence-corrected chi connectivity index (χ2v) is 8.45. The van der Waals surface area contributed by atoms with Crippen LogP contribution >= 0.6 is 11.3 Å². The van der Waals surface area contributed by atoms with Crippen LogP contribution in [0, 0.1) is 0 Å². The molecule has 0 N–H and O–H groups in total. The van der Waals surface area contributed by atoms with E-state index in [2.05, 4.69) is 19.1 Å². The molecule has 4 rings (SSSR count). The Morgan fingerprint density at radius 3 is 2.21 bits per heavy atom. The molecule has 0 spiro atoms. The third-order valence-corrected chi connectivity index (χ3v) is 6.46. The number of carbonyl (C=O) groups excluding carboxylic acids is 1. The van der Waals surface area contributed by atoms with Gasteiger partial charge in [0.2, 0.25) is 5.75 Å². The number of nitrogens with zero attached hydrogens (tertiary/aromatic N) is 2. The highest BCUT2D eigenvalue weighted by atomic mass is 32.1. The molecule has 0 bridgehead atoms. The summed E-state index contributed by atoms with van der Waals surface area (Å²) in [5.74, 6) is 1.10. The summed E-state index contributed by atoms with van der Waals surface area (Å²) in [5, 5.41) is 0.640.